The van der Waals surface area contributed by atoms with E-state index in [1.54, 1.807) is 19.1 Å². The summed E-state index contributed by atoms with van der Waals surface area (Å²) in [6.07, 6.45) is 0.835. The fourth-order valence-corrected chi connectivity index (χ4v) is 2.69. The van der Waals surface area contributed by atoms with Crippen LogP contribution in [0.15, 0.2) is 24.3 Å². The van der Waals surface area contributed by atoms with E-state index >= 15 is 0 Å². The van der Waals surface area contributed by atoms with Crippen LogP contribution in [0, 0.1) is 5.92 Å². The zero-order valence-electron chi connectivity index (χ0n) is 18.3. The average molecular weight is 437 g/mol. The van der Waals surface area contributed by atoms with E-state index < -0.39 is 41.8 Å². The highest BCUT2D eigenvalue weighted by atomic mass is 16.5. The van der Waals surface area contributed by atoms with Gasteiger partial charge >= 0.3 is 5.97 Å². The lowest BCUT2D eigenvalue weighted by atomic mass is 9.97. The van der Waals surface area contributed by atoms with Crippen molar-refractivity contribution in [3.05, 3.63) is 29.8 Å². The minimum Gasteiger partial charge on any atom is -0.508 e. The van der Waals surface area contributed by atoms with Crippen molar-refractivity contribution in [1.29, 1.82) is 0 Å². The van der Waals surface area contributed by atoms with E-state index in [0.29, 0.717) is 6.42 Å². The molecule has 0 radical (unpaired) electrons. The van der Waals surface area contributed by atoms with Gasteiger partial charge < -0.3 is 31.5 Å². The third-order valence-corrected chi connectivity index (χ3v) is 4.91. The van der Waals surface area contributed by atoms with Gasteiger partial charge in [0.05, 0.1) is 13.2 Å². The van der Waals surface area contributed by atoms with Gasteiger partial charge in [-0.1, -0.05) is 32.4 Å². The molecule has 10 heteroatoms. The minimum atomic E-state index is -0.925. The lowest BCUT2D eigenvalue weighted by Gasteiger charge is -2.26. The van der Waals surface area contributed by atoms with Crippen LogP contribution in [0.3, 0.4) is 0 Å². The van der Waals surface area contributed by atoms with Gasteiger partial charge in [0.15, 0.2) is 0 Å². The summed E-state index contributed by atoms with van der Waals surface area (Å²) < 4.78 is 4.45. The maximum atomic E-state index is 12.7. The molecule has 172 valence electrons. The number of hydrogen-bond acceptors (Lipinski definition) is 7. The van der Waals surface area contributed by atoms with Crippen LogP contribution in [-0.2, 0) is 30.3 Å². The second-order valence-corrected chi connectivity index (χ2v) is 7.37. The van der Waals surface area contributed by atoms with Gasteiger partial charge in [0.25, 0.3) is 0 Å². The topological polar surface area (TPSA) is 160 Å². The van der Waals surface area contributed by atoms with Crippen LogP contribution in [0.1, 0.15) is 32.8 Å². The molecule has 3 amide bonds. The number of hydrogen-bond donors (Lipinski definition) is 5. The number of nitrogens with two attached hydrogens (primary N) is 1. The predicted octanol–water partition coefficient (Wildman–Crippen LogP) is -0.413. The SMILES string of the molecule is CCC(C)C(NC(=O)C(N)Cc1ccc(O)cc1)C(=O)NC(C)C(=O)NCC(=O)OC. The number of phenolic OH excluding ortho intramolecular Hbond substituents is 1. The molecule has 0 saturated heterocycles. The molecule has 31 heavy (non-hydrogen) atoms. The van der Waals surface area contributed by atoms with E-state index in [2.05, 4.69) is 20.7 Å². The maximum absolute atomic E-state index is 12.7. The Kier molecular flexibility index (Phi) is 10.5. The molecule has 10 nitrogen and oxygen atoms in total. The number of phenols is 1. The van der Waals surface area contributed by atoms with Gasteiger partial charge in [-0.15, -0.1) is 0 Å². The Morgan fingerprint density at radius 1 is 1.03 bits per heavy atom. The molecular weight excluding hydrogens is 404 g/mol. The van der Waals surface area contributed by atoms with Crippen molar-refractivity contribution in [2.75, 3.05) is 13.7 Å². The van der Waals surface area contributed by atoms with E-state index in [0.717, 1.165) is 5.56 Å². The molecule has 6 N–H and O–H groups in total. The fourth-order valence-electron chi connectivity index (χ4n) is 2.69. The van der Waals surface area contributed by atoms with E-state index in [4.69, 9.17) is 5.73 Å². The smallest absolute Gasteiger partial charge is 0.325 e. The molecule has 0 aliphatic carbocycles. The van der Waals surface area contributed by atoms with Crippen LogP contribution < -0.4 is 21.7 Å². The summed E-state index contributed by atoms with van der Waals surface area (Å²) >= 11 is 0. The van der Waals surface area contributed by atoms with Gasteiger partial charge in [-0.25, -0.2) is 0 Å². The summed E-state index contributed by atoms with van der Waals surface area (Å²) in [5.74, 6) is -2.30. The second-order valence-electron chi connectivity index (χ2n) is 7.37. The van der Waals surface area contributed by atoms with Crippen LogP contribution in [0.5, 0.6) is 5.75 Å². The molecule has 0 aliphatic rings. The third-order valence-electron chi connectivity index (χ3n) is 4.91. The first-order valence-electron chi connectivity index (χ1n) is 10.1. The monoisotopic (exact) mass is 436 g/mol. The zero-order valence-corrected chi connectivity index (χ0v) is 18.3. The van der Waals surface area contributed by atoms with Crippen molar-refractivity contribution < 1.29 is 29.0 Å². The highest BCUT2D eigenvalue weighted by molar-refractivity contribution is 5.93. The lowest BCUT2D eigenvalue weighted by Crippen LogP contribution is -2.57. The Balaban J connectivity index is 2.72. The number of carbonyl (C=O) groups excluding carboxylic acids is 4. The van der Waals surface area contributed by atoms with Crippen molar-refractivity contribution in [3.8, 4) is 5.75 Å². The van der Waals surface area contributed by atoms with Gasteiger partial charge in [0.1, 0.15) is 24.4 Å². The molecule has 1 aromatic rings. The van der Waals surface area contributed by atoms with Crippen LogP contribution in [0.2, 0.25) is 0 Å². The molecule has 0 spiro atoms. The first-order valence-corrected chi connectivity index (χ1v) is 10.1. The summed E-state index contributed by atoms with van der Waals surface area (Å²) in [5.41, 5.74) is 6.76. The first kappa shape index (κ1) is 25.9. The molecule has 1 aromatic carbocycles. The van der Waals surface area contributed by atoms with E-state index in [1.165, 1.54) is 26.2 Å². The van der Waals surface area contributed by atoms with Gasteiger partial charge in [-0.2, -0.15) is 0 Å². The largest absolute Gasteiger partial charge is 0.508 e. The fraction of sp³-hybridized carbons (Fsp3) is 0.524. The molecule has 0 aliphatic heterocycles. The molecular formula is C21H32N4O6. The lowest BCUT2D eigenvalue weighted by molar-refractivity contribution is -0.141. The molecule has 0 aromatic heterocycles. The van der Waals surface area contributed by atoms with Gasteiger partial charge in [0.2, 0.25) is 17.7 Å². The molecule has 0 saturated carbocycles. The van der Waals surface area contributed by atoms with E-state index in [-0.39, 0.29) is 24.6 Å². The number of aromatic hydroxyl groups is 1. The number of methoxy groups -OCH3 is 1. The van der Waals surface area contributed by atoms with Crippen molar-refractivity contribution in [3.63, 3.8) is 0 Å². The molecule has 0 bridgehead atoms. The van der Waals surface area contributed by atoms with E-state index in [1.807, 2.05) is 6.92 Å². The predicted molar refractivity (Wildman–Crippen MR) is 114 cm³/mol. The number of benzene rings is 1. The Labute approximate surface area is 181 Å². The van der Waals surface area contributed by atoms with Crippen LogP contribution in [0.25, 0.3) is 0 Å². The number of carbonyl (C=O) groups is 4. The standard InChI is InChI=1S/C21H32N4O6/c1-5-12(2)18(21(30)24-13(3)19(28)23-11-17(27)31-4)25-20(29)16(22)10-14-6-8-15(26)9-7-14/h6-9,12-13,16,18,26H,5,10-11,22H2,1-4H3,(H,23,28)(H,24,30)(H,25,29). The third kappa shape index (κ3) is 8.63. The molecule has 0 heterocycles. The number of nitrogens with one attached hydrogen (secondary N) is 3. The van der Waals surface area contributed by atoms with Gasteiger partial charge in [0, 0.05) is 0 Å². The Morgan fingerprint density at radius 2 is 1.65 bits per heavy atom. The zero-order chi connectivity index (χ0) is 23.6. The Morgan fingerprint density at radius 3 is 2.19 bits per heavy atom. The number of esters is 1. The summed E-state index contributed by atoms with van der Waals surface area (Å²) in [4.78, 5) is 48.5. The van der Waals surface area contributed by atoms with Crippen molar-refractivity contribution >= 4 is 23.7 Å². The summed E-state index contributed by atoms with van der Waals surface area (Å²) in [5, 5.41) is 16.9. The quantitative estimate of drug-likeness (QED) is 0.295. The number of rotatable bonds is 11. The minimum absolute atomic E-state index is 0.111. The number of amides is 3. The van der Waals surface area contributed by atoms with Gasteiger partial charge in [-0.05, 0) is 37.0 Å². The highest BCUT2D eigenvalue weighted by Crippen LogP contribution is 2.12. The first-order chi connectivity index (χ1) is 14.6. The van der Waals surface area contributed by atoms with Crippen molar-refractivity contribution in [2.45, 2.75) is 51.7 Å². The average Bonchev–Trinajstić information content (AvgIpc) is 2.75. The summed E-state index contributed by atoms with van der Waals surface area (Å²) in [6.45, 7) is 4.84. The molecule has 4 unspecified atom stereocenters. The summed E-state index contributed by atoms with van der Waals surface area (Å²) in [6, 6.07) is 3.62. The second kappa shape index (κ2) is 12.5. The van der Waals surface area contributed by atoms with Crippen molar-refractivity contribution in [2.24, 2.45) is 11.7 Å². The molecule has 4 atom stereocenters. The van der Waals surface area contributed by atoms with Gasteiger partial charge in [-0.3, -0.25) is 19.2 Å². The van der Waals surface area contributed by atoms with Crippen LogP contribution >= 0.6 is 0 Å². The normalized spacial score (nSPS) is 14.5. The molecule has 0 fully saturated rings. The maximum Gasteiger partial charge on any atom is 0.325 e. The number of ether oxygens (including phenoxy) is 1. The highest BCUT2D eigenvalue weighted by Gasteiger charge is 2.30. The van der Waals surface area contributed by atoms with Crippen LogP contribution in [0.4, 0.5) is 0 Å². The van der Waals surface area contributed by atoms with Crippen molar-refractivity contribution in [1.82, 2.24) is 16.0 Å². The van der Waals surface area contributed by atoms with E-state index in [9.17, 15) is 24.3 Å². The molecule has 1 rings (SSSR count). The Bertz CT molecular complexity index is 768. The van der Waals surface area contributed by atoms with Crippen LogP contribution in [-0.4, -0.2) is 60.6 Å². The Hall–Kier alpha value is -3.14. The summed E-state index contributed by atoms with van der Waals surface area (Å²) in [7, 11) is 1.20.